The Hall–Kier alpha value is -0.670. The third-order valence-electron chi connectivity index (χ3n) is 5.38. The largest absolute Gasteiger partial charge is 0.383 e. The van der Waals surface area contributed by atoms with Crippen LogP contribution in [-0.2, 0) is 4.79 Å². The van der Waals surface area contributed by atoms with Gasteiger partial charge >= 0.3 is 0 Å². The van der Waals surface area contributed by atoms with E-state index in [4.69, 9.17) is 0 Å². The van der Waals surface area contributed by atoms with Crippen LogP contribution in [-0.4, -0.2) is 27.7 Å². The molecule has 3 nitrogen and oxygen atoms in total. The van der Waals surface area contributed by atoms with Gasteiger partial charge in [-0.05, 0) is 48.5 Å². The lowest BCUT2D eigenvalue weighted by Crippen LogP contribution is -2.41. The van der Waals surface area contributed by atoms with Crippen molar-refractivity contribution in [3.05, 3.63) is 11.1 Å². The summed E-state index contributed by atoms with van der Waals surface area (Å²) in [5.74, 6) is 0.294. The Morgan fingerprint density at radius 3 is 2.39 bits per heavy atom. The van der Waals surface area contributed by atoms with E-state index in [9.17, 15) is 15.0 Å². The summed E-state index contributed by atoms with van der Waals surface area (Å²) in [5, 5.41) is 20.5. The first-order chi connectivity index (χ1) is 8.09. The highest BCUT2D eigenvalue weighted by Crippen LogP contribution is 2.67. The summed E-state index contributed by atoms with van der Waals surface area (Å²) in [6.07, 6.45) is 1.55. The summed E-state index contributed by atoms with van der Waals surface area (Å²) in [6.45, 7) is 8.07. The zero-order valence-corrected chi connectivity index (χ0v) is 11.6. The number of aliphatic hydroxyl groups is 2. The van der Waals surface area contributed by atoms with Crippen molar-refractivity contribution in [2.75, 3.05) is 0 Å². The summed E-state index contributed by atoms with van der Waals surface area (Å²) in [5.41, 5.74) is 0.169. The summed E-state index contributed by atoms with van der Waals surface area (Å²) in [4.78, 5) is 12.3. The van der Waals surface area contributed by atoms with E-state index >= 15 is 0 Å². The molecule has 1 fully saturated rings. The molecule has 3 aliphatic carbocycles. The number of aliphatic hydroxyl groups excluding tert-OH is 1. The highest BCUT2D eigenvalue weighted by atomic mass is 16.3. The standard InChI is InChI=1S/C15H22O3/c1-13(2)5-8-6-14(8,3)10-9(7-13)15(4,18)12(17)11(10)16/h8,12,17-18H,5-7H2,1-4H3/t8-,12-,14-,15-/m0/s1. The molecule has 3 aliphatic rings. The predicted molar refractivity (Wildman–Crippen MR) is 67.9 cm³/mol. The van der Waals surface area contributed by atoms with Gasteiger partial charge in [-0.1, -0.05) is 20.8 Å². The van der Waals surface area contributed by atoms with Crippen LogP contribution in [0.3, 0.4) is 0 Å². The van der Waals surface area contributed by atoms with E-state index in [0.29, 0.717) is 12.3 Å². The first-order valence-electron chi connectivity index (χ1n) is 6.78. The molecule has 0 saturated heterocycles. The highest BCUT2D eigenvalue weighted by Gasteiger charge is 2.64. The molecular weight excluding hydrogens is 228 g/mol. The number of hydrogen-bond donors (Lipinski definition) is 2. The molecule has 4 atom stereocenters. The van der Waals surface area contributed by atoms with Crippen LogP contribution in [0.1, 0.15) is 47.0 Å². The molecule has 0 spiro atoms. The SMILES string of the molecule is CC1(C)CC2=C(C(=O)[C@H](O)[C@@]2(C)O)[C@@]2(C)C[C@@H]2C1. The highest BCUT2D eigenvalue weighted by molar-refractivity contribution is 6.05. The van der Waals surface area contributed by atoms with Gasteiger partial charge < -0.3 is 10.2 Å². The lowest BCUT2D eigenvalue weighted by Gasteiger charge is -2.31. The summed E-state index contributed by atoms with van der Waals surface area (Å²) < 4.78 is 0. The van der Waals surface area contributed by atoms with Crippen LogP contribution in [0.5, 0.6) is 0 Å². The molecule has 0 aromatic heterocycles. The minimum absolute atomic E-state index is 0.0911. The predicted octanol–water partition coefficient (Wildman–Crippen LogP) is 1.82. The van der Waals surface area contributed by atoms with Gasteiger partial charge in [0.1, 0.15) is 11.7 Å². The lowest BCUT2D eigenvalue weighted by atomic mass is 9.78. The van der Waals surface area contributed by atoms with Gasteiger partial charge in [0.25, 0.3) is 0 Å². The fourth-order valence-electron chi connectivity index (χ4n) is 4.13. The Morgan fingerprint density at radius 2 is 1.78 bits per heavy atom. The topological polar surface area (TPSA) is 57.5 Å². The average Bonchev–Trinajstić information content (AvgIpc) is 2.81. The number of fused-ring (bicyclic) bond motifs is 2. The van der Waals surface area contributed by atoms with Crippen LogP contribution in [0.15, 0.2) is 11.1 Å². The molecule has 0 radical (unpaired) electrons. The Labute approximate surface area is 108 Å². The zero-order chi connectivity index (χ0) is 13.5. The van der Waals surface area contributed by atoms with Gasteiger partial charge in [0.2, 0.25) is 0 Å². The Kier molecular flexibility index (Phi) is 2.11. The van der Waals surface area contributed by atoms with E-state index in [-0.39, 0.29) is 16.6 Å². The molecule has 0 unspecified atom stereocenters. The van der Waals surface area contributed by atoms with E-state index in [1.165, 1.54) is 0 Å². The number of rotatable bonds is 0. The van der Waals surface area contributed by atoms with Crippen LogP contribution < -0.4 is 0 Å². The van der Waals surface area contributed by atoms with Crippen molar-refractivity contribution in [2.24, 2.45) is 16.7 Å². The third kappa shape index (κ3) is 1.35. The van der Waals surface area contributed by atoms with Crippen LogP contribution in [0, 0.1) is 16.7 Å². The van der Waals surface area contributed by atoms with Gasteiger partial charge in [-0.3, -0.25) is 4.79 Å². The number of Topliss-reactive ketones (excluding diaryl/α,β-unsaturated/α-hetero) is 1. The Morgan fingerprint density at radius 1 is 1.17 bits per heavy atom. The first-order valence-corrected chi connectivity index (χ1v) is 6.78. The fourth-order valence-corrected chi connectivity index (χ4v) is 4.13. The quantitative estimate of drug-likeness (QED) is 0.689. The molecule has 0 aliphatic heterocycles. The molecule has 2 N–H and O–H groups in total. The molecule has 3 heteroatoms. The van der Waals surface area contributed by atoms with Crippen molar-refractivity contribution in [3.8, 4) is 0 Å². The summed E-state index contributed by atoms with van der Waals surface area (Å²) in [6, 6.07) is 0. The maximum Gasteiger partial charge on any atom is 0.191 e. The molecule has 1 saturated carbocycles. The molecule has 0 heterocycles. The third-order valence-corrected chi connectivity index (χ3v) is 5.38. The minimum Gasteiger partial charge on any atom is -0.383 e. The molecule has 100 valence electrons. The van der Waals surface area contributed by atoms with Crippen molar-refractivity contribution in [2.45, 2.75) is 58.7 Å². The number of carbonyl (C=O) groups excluding carboxylic acids is 1. The van der Waals surface area contributed by atoms with Crippen molar-refractivity contribution in [3.63, 3.8) is 0 Å². The summed E-state index contributed by atoms with van der Waals surface area (Å²) >= 11 is 0. The van der Waals surface area contributed by atoms with Crippen LogP contribution >= 0.6 is 0 Å². The van der Waals surface area contributed by atoms with Gasteiger partial charge in [0.05, 0.1) is 0 Å². The van der Waals surface area contributed by atoms with E-state index in [2.05, 4.69) is 20.8 Å². The van der Waals surface area contributed by atoms with Crippen LogP contribution in [0.25, 0.3) is 0 Å². The lowest BCUT2D eigenvalue weighted by molar-refractivity contribution is -0.130. The Balaban J connectivity index is 2.17. The molecular formula is C15H22O3. The van der Waals surface area contributed by atoms with Crippen LogP contribution in [0.2, 0.25) is 0 Å². The van der Waals surface area contributed by atoms with Gasteiger partial charge in [-0.25, -0.2) is 0 Å². The second-order valence-electron chi connectivity index (χ2n) is 7.63. The number of ketones is 1. The maximum absolute atomic E-state index is 12.3. The van der Waals surface area contributed by atoms with E-state index < -0.39 is 11.7 Å². The average molecular weight is 250 g/mol. The molecule has 3 rings (SSSR count). The van der Waals surface area contributed by atoms with Crippen molar-refractivity contribution in [1.29, 1.82) is 0 Å². The first kappa shape index (κ1) is 12.4. The normalized spacial score (nSPS) is 49.8. The van der Waals surface area contributed by atoms with E-state index in [1.807, 2.05) is 0 Å². The van der Waals surface area contributed by atoms with Crippen LogP contribution in [0.4, 0.5) is 0 Å². The van der Waals surface area contributed by atoms with Crippen molar-refractivity contribution >= 4 is 5.78 Å². The number of carbonyl (C=O) groups is 1. The second kappa shape index (κ2) is 3.07. The van der Waals surface area contributed by atoms with Gasteiger partial charge in [0.15, 0.2) is 5.78 Å². The number of hydrogen-bond acceptors (Lipinski definition) is 3. The minimum atomic E-state index is -1.37. The fraction of sp³-hybridized carbons (Fsp3) is 0.800. The van der Waals surface area contributed by atoms with Gasteiger partial charge in [-0.2, -0.15) is 0 Å². The van der Waals surface area contributed by atoms with Gasteiger partial charge in [-0.15, -0.1) is 0 Å². The molecule has 0 aromatic carbocycles. The van der Waals surface area contributed by atoms with Crippen molar-refractivity contribution in [1.82, 2.24) is 0 Å². The van der Waals surface area contributed by atoms with Gasteiger partial charge in [0, 0.05) is 5.57 Å². The zero-order valence-electron chi connectivity index (χ0n) is 11.6. The molecule has 0 bridgehead atoms. The molecule has 0 amide bonds. The van der Waals surface area contributed by atoms with E-state index in [0.717, 1.165) is 24.0 Å². The van der Waals surface area contributed by atoms with E-state index in [1.54, 1.807) is 6.92 Å². The Bertz CT molecular complexity index is 472. The second-order valence-corrected chi connectivity index (χ2v) is 7.63. The monoisotopic (exact) mass is 250 g/mol. The molecule has 18 heavy (non-hydrogen) atoms. The maximum atomic E-state index is 12.3. The summed E-state index contributed by atoms with van der Waals surface area (Å²) in [7, 11) is 0. The van der Waals surface area contributed by atoms with Crippen molar-refractivity contribution < 1.29 is 15.0 Å². The molecule has 0 aromatic rings. The smallest absolute Gasteiger partial charge is 0.191 e.